The average Bonchev–Trinajstić information content (AvgIpc) is 2.50. The summed E-state index contributed by atoms with van der Waals surface area (Å²) in [4.78, 5) is 12.1. The standard InChI is InChI=1S/C18H20O3/c1-4-14-9-10-16(17(11-14)20-3)21-18(19)12-15-8-6-5-7-13(15)2/h5-11H,4,12H2,1-3H3. The first-order valence-corrected chi connectivity index (χ1v) is 7.06. The highest BCUT2D eigenvalue weighted by atomic mass is 16.6. The third-order valence-corrected chi connectivity index (χ3v) is 3.46. The molecule has 0 aliphatic carbocycles. The lowest BCUT2D eigenvalue weighted by molar-refractivity contribution is -0.133. The zero-order valence-corrected chi connectivity index (χ0v) is 12.7. The predicted octanol–water partition coefficient (Wildman–Crippen LogP) is 3.71. The Kier molecular flexibility index (Phi) is 4.99. The van der Waals surface area contributed by atoms with Gasteiger partial charge in [-0.05, 0) is 42.2 Å². The maximum absolute atomic E-state index is 12.1. The number of hydrogen-bond donors (Lipinski definition) is 0. The van der Waals surface area contributed by atoms with Gasteiger partial charge >= 0.3 is 5.97 Å². The van der Waals surface area contributed by atoms with Crippen LogP contribution in [0.5, 0.6) is 11.5 Å². The molecule has 21 heavy (non-hydrogen) atoms. The summed E-state index contributed by atoms with van der Waals surface area (Å²) >= 11 is 0. The van der Waals surface area contributed by atoms with E-state index in [0.717, 1.165) is 23.1 Å². The second kappa shape index (κ2) is 6.93. The minimum Gasteiger partial charge on any atom is -0.493 e. The number of carbonyl (C=O) groups is 1. The van der Waals surface area contributed by atoms with Gasteiger partial charge in [-0.15, -0.1) is 0 Å². The Bertz CT molecular complexity index is 632. The van der Waals surface area contributed by atoms with E-state index in [0.29, 0.717) is 11.5 Å². The molecule has 2 aromatic carbocycles. The monoisotopic (exact) mass is 284 g/mol. The van der Waals surface area contributed by atoms with Gasteiger partial charge in [0.1, 0.15) is 0 Å². The molecule has 0 heterocycles. The van der Waals surface area contributed by atoms with E-state index in [-0.39, 0.29) is 12.4 Å². The molecule has 0 saturated carbocycles. The molecule has 0 aliphatic rings. The summed E-state index contributed by atoms with van der Waals surface area (Å²) in [6.45, 7) is 4.05. The molecule has 0 saturated heterocycles. The number of hydrogen-bond acceptors (Lipinski definition) is 3. The van der Waals surface area contributed by atoms with Crippen molar-refractivity contribution in [1.82, 2.24) is 0 Å². The lowest BCUT2D eigenvalue weighted by Crippen LogP contribution is -2.12. The fraction of sp³-hybridized carbons (Fsp3) is 0.278. The molecule has 0 aliphatic heterocycles. The average molecular weight is 284 g/mol. The highest BCUT2D eigenvalue weighted by Crippen LogP contribution is 2.28. The summed E-state index contributed by atoms with van der Waals surface area (Å²) in [7, 11) is 1.58. The van der Waals surface area contributed by atoms with Crippen LogP contribution in [0.1, 0.15) is 23.6 Å². The first-order chi connectivity index (χ1) is 10.1. The molecule has 3 heteroatoms. The molecule has 0 fully saturated rings. The molecule has 2 rings (SSSR count). The van der Waals surface area contributed by atoms with Crippen molar-refractivity contribution in [1.29, 1.82) is 0 Å². The molecule has 0 amide bonds. The summed E-state index contributed by atoms with van der Waals surface area (Å²) in [5.41, 5.74) is 3.21. The van der Waals surface area contributed by atoms with Crippen molar-refractivity contribution in [2.45, 2.75) is 26.7 Å². The summed E-state index contributed by atoms with van der Waals surface area (Å²) in [5.74, 6) is 0.771. The van der Waals surface area contributed by atoms with Crippen molar-refractivity contribution >= 4 is 5.97 Å². The van der Waals surface area contributed by atoms with Crippen LogP contribution in [0.15, 0.2) is 42.5 Å². The van der Waals surface area contributed by atoms with Gasteiger partial charge in [-0.3, -0.25) is 4.79 Å². The van der Waals surface area contributed by atoms with Crippen LogP contribution in [0.4, 0.5) is 0 Å². The number of carbonyl (C=O) groups excluding carboxylic acids is 1. The lowest BCUT2D eigenvalue weighted by atomic mass is 10.1. The maximum atomic E-state index is 12.1. The van der Waals surface area contributed by atoms with Crippen LogP contribution >= 0.6 is 0 Å². The van der Waals surface area contributed by atoms with Gasteiger partial charge in [-0.1, -0.05) is 37.3 Å². The number of esters is 1. The van der Waals surface area contributed by atoms with Crippen molar-refractivity contribution in [2.75, 3.05) is 7.11 Å². The van der Waals surface area contributed by atoms with Gasteiger partial charge in [0.25, 0.3) is 0 Å². The normalized spacial score (nSPS) is 10.2. The molecule has 0 bridgehead atoms. The first kappa shape index (κ1) is 15.1. The van der Waals surface area contributed by atoms with E-state index < -0.39 is 0 Å². The van der Waals surface area contributed by atoms with Crippen LogP contribution in [-0.2, 0) is 17.6 Å². The Balaban J connectivity index is 2.11. The molecule has 0 atom stereocenters. The van der Waals surface area contributed by atoms with Crippen LogP contribution in [-0.4, -0.2) is 13.1 Å². The second-order valence-corrected chi connectivity index (χ2v) is 4.92. The fourth-order valence-corrected chi connectivity index (χ4v) is 2.14. The van der Waals surface area contributed by atoms with Gasteiger partial charge in [0.2, 0.25) is 0 Å². The van der Waals surface area contributed by atoms with Crippen molar-refractivity contribution in [2.24, 2.45) is 0 Å². The molecule has 2 aromatic rings. The highest BCUT2D eigenvalue weighted by molar-refractivity contribution is 5.76. The molecule has 0 aromatic heterocycles. The second-order valence-electron chi connectivity index (χ2n) is 4.92. The Morgan fingerprint density at radius 1 is 1.10 bits per heavy atom. The van der Waals surface area contributed by atoms with Gasteiger partial charge in [0.15, 0.2) is 11.5 Å². The van der Waals surface area contributed by atoms with E-state index in [1.165, 1.54) is 0 Å². The summed E-state index contributed by atoms with van der Waals surface area (Å²) < 4.78 is 10.7. The van der Waals surface area contributed by atoms with E-state index in [9.17, 15) is 4.79 Å². The van der Waals surface area contributed by atoms with Gasteiger partial charge in [-0.25, -0.2) is 0 Å². The van der Waals surface area contributed by atoms with E-state index in [2.05, 4.69) is 6.92 Å². The van der Waals surface area contributed by atoms with Gasteiger partial charge in [0.05, 0.1) is 13.5 Å². The van der Waals surface area contributed by atoms with Crippen molar-refractivity contribution in [3.63, 3.8) is 0 Å². The number of ether oxygens (including phenoxy) is 2. The third kappa shape index (κ3) is 3.85. The molecular weight excluding hydrogens is 264 g/mol. The molecule has 3 nitrogen and oxygen atoms in total. The summed E-state index contributed by atoms with van der Waals surface area (Å²) in [6.07, 6.45) is 1.17. The maximum Gasteiger partial charge on any atom is 0.315 e. The molecule has 0 radical (unpaired) electrons. The minimum atomic E-state index is -0.285. The predicted molar refractivity (Wildman–Crippen MR) is 82.9 cm³/mol. The number of methoxy groups -OCH3 is 1. The van der Waals surface area contributed by atoms with Crippen LogP contribution in [0.25, 0.3) is 0 Å². The molecule has 110 valence electrons. The fourth-order valence-electron chi connectivity index (χ4n) is 2.14. The summed E-state index contributed by atoms with van der Waals surface area (Å²) in [5, 5.41) is 0. The Morgan fingerprint density at radius 2 is 1.86 bits per heavy atom. The van der Waals surface area contributed by atoms with E-state index in [4.69, 9.17) is 9.47 Å². The van der Waals surface area contributed by atoms with Crippen molar-refractivity contribution in [3.8, 4) is 11.5 Å². The summed E-state index contributed by atoms with van der Waals surface area (Å²) in [6, 6.07) is 13.4. The van der Waals surface area contributed by atoms with Crippen molar-refractivity contribution < 1.29 is 14.3 Å². The topological polar surface area (TPSA) is 35.5 Å². The molecule has 0 spiro atoms. The van der Waals surface area contributed by atoms with Crippen molar-refractivity contribution in [3.05, 3.63) is 59.2 Å². The molecular formula is C18H20O3. The Hall–Kier alpha value is -2.29. The smallest absolute Gasteiger partial charge is 0.315 e. The van der Waals surface area contributed by atoms with E-state index in [1.807, 2.05) is 43.3 Å². The Morgan fingerprint density at radius 3 is 2.52 bits per heavy atom. The van der Waals surface area contributed by atoms with E-state index >= 15 is 0 Å². The van der Waals surface area contributed by atoms with Crippen LogP contribution in [0.2, 0.25) is 0 Å². The first-order valence-electron chi connectivity index (χ1n) is 7.06. The quantitative estimate of drug-likeness (QED) is 0.620. The van der Waals surface area contributed by atoms with Crippen LogP contribution < -0.4 is 9.47 Å². The van der Waals surface area contributed by atoms with Gasteiger partial charge in [0, 0.05) is 0 Å². The third-order valence-electron chi connectivity index (χ3n) is 3.46. The zero-order valence-electron chi connectivity index (χ0n) is 12.7. The number of benzene rings is 2. The van der Waals surface area contributed by atoms with E-state index in [1.54, 1.807) is 13.2 Å². The Labute approximate surface area is 125 Å². The minimum absolute atomic E-state index is 0.255. The largest absolute Gasteiger partial charge is 0.493 e. The SMILES string of the molecule is CCc1ccc(OC(=O)Cc2ccccc2C)c(OC)c1. The van der Waals surface area contributed by atoms with Gasteiger partial charge < -0.3 is 9.47 Å². The van der Waals surface area contributed by atoms with Crippen LogP contribution in [0.3, 0.4) is 0 Å². The van der Waals surface area contributed by atoms with Gasteiger partial charge in [-0.2, -0.15) is 0 Å². The highest BCUT2D eigenvalue weighted by Gasteiger charge is 2.12. The number of rotatable bonds is 5. The number of aryl methyl sites for hydroxylation is 2. The molecule has 0 unspecified atom stereocenters. The molecule has 0 N–H and O–H groups in total. The zero-order chi connectivity index (χ0) is 15.2. The lowest BCUT2D eigenvalue weighted by Gasteiger charge is -2.11. The van der Waals surface area contributed by atoms with Crippen LogP contribution in [0, 0.1) is 6.92 Å².